The van der Waals surface area contributed by atoms with Gasteiger partial charge in [-0.25, -0.2) is 0 Å². The van der Waals surface area contributed by atoms with Crippen molar-refractivity contribution in [3.8, 4) is 5.75 Å². The van der Waals surface area contributed by atoms with Crippen molar-refractivity contribution in [2.24, 2.45) is 11.5 Å². The summed E-state index contributed by atoms with van der Waals surface area (Å²) in [6.45, 7) is 0. The number of ether oxygens (including phenoxy) is 1. The number of benzene rings is 1. The van der Waals surface area contributed by atoms with E-state index in [0.29, 0.717) is 0 Å². The SMILES string of the molecule is COc1c(F)c(F)c(CC(N)C(=O)O)c(C(N)=O)c1[At]. The Morgan fingerprint density at radius 1 is 1.40 bits per heavy atom. The van der Waals surface area contributed by atoms with Crippen molar-refractivity contribution >= 4 is 15.1 Å². The molecule has 1 unspecified atom stereocenters. The van der Waals surface area contributed by atoms with Crippen LogP contribution in [-0.4, -0.2) is 30.1 Å². The summed E-state index contributed by atoms with van der Waals surface area (Å²) in [4.78, 5) is 22.1. The Balaban J connectivity index is 3.57. The molecule has 0 aliphatic heterocycles. The van der Waals surface area contributed by atoms with Crippen LogP contribution in [0.25, 0.3) is 0 Å². The molecule has 0 radical (unpaired) electrons. The molecule has 0 aliphatic rings. The molecule has 1 atom stereocenters. The summed E-state index contributed by atoms with van der Waals surface area (Å²) in [6.07, 6.45) is -0.559. The molecule has 5 N–H and O–H groups in total. The minimum absolute atomic E-state index is 0.0477. The number of halogens is 2. The maximum atomic E-state index is 14.0. The zero-order valence-corrected chi connectivity index (χ0v) is 13.2. The number of hydrogen-bond donors (Lipinski definition) is 3. The number of carbonyl (C=O) groups is 2. The second-order valence-corrected chi connectivity index (χ2v) is 5.31. The average Bonchev–Trinajstić information content (AvgIpc) is 2.35. The van der Waals surface area contributed by atoms with Gasteiger partial charge < -0.3 is 0 Å². The van der Waals surface area contributed by atoms with Crippen LogP contribution in [0.2, 0.25) is 0 Å². The molecule has 0 bridgehead atoms. The van der Waals surface area contributed by atoms with E-state index in [0.717, 1.165) is 31.8 Å². The average molecular weight is 483 g/mol. The fourth-order valence-corrected chi connectivity index (χ4v) is 3.05. The summed E-state index contributed by atoms with van der Waals surface area (Å²) in [6, 6.07) is -1.48. The molecule has 110 valence electrons. The van der Waals surface area contributed by atoms with Crippen LogP contribution in [0, 0.1) is 36.4 Å². The van der Waals surface area contributed by atoms with E-state index in [1.54, 1.807) is 0 Å². The van der Waals surface area contributed by atoms with Crippen molar-refractivity contribution in [1.29, 1.82) is 0 Å². The molecule has 1 amide bonds. The first-order chi connectivity index (χ1) is 9.22. The second kappa shape index (κ2) is 6.41. The topological polar surface area (TPSA) is 116 Å². The standard InChI is InChI=1S/C11H11AtF2N2O4/c1-20-9-6(12)5(10(16)17)3(7(13)8(9)14)2-4(15)11(18)19/h4H,2,15H2,1H3,(H2,16,17)(H,18,19). The third-order valence-electron chi connectivity index (χ3n) is 2.57. The Bertz CT molecular complexity index is 580. The van der Waals surface area contributed by atoms with E-state index >= 15 is 0 Å². The molecule has 9 heteroatoms. The molecule has 0 heterocycles. The zero-order valence-electron chi connectivity index (χ0n) is 10.2. The number of amides is 1. The van der Waals surface area contributed by atoms with Crippen LogP contribution in [-0.2, 0) is 11.2 Å². The van der Waals surface area contributed by atoms with Crippen LogP contribution in [0.1, 0.15) is 15.9 Å². The van der Waals surface area contributed by atoms with Gasteiger partial charge in [-0.1, -0.05) is 0 Å². The summed E-state index contributed by atoms with van der Waals surface area (Å²) in [7, 11) is 1.12. The van der Waals surface area contributed by atoms with Gasteiger partial charge in [-0.2, -0.15) is 0 Å². The van der Waals surface area contributed by atoms with Gasteiger partial charge in [0.05, 0.1) is 0 Å². The third-order valence-corrected chi connectivity index (χ3v) is 3.97. The van der Waals surface area contributed by atoms with E-state index in [1.807, 2.05) is 0 Å². The maximum absolute atomic E-state index is 14.0. The van der Waals surface area contributed by atoms with Gasteiger partial charge >= 0.3 is 128 Å². The first-order valence-corrected chi connectivity index (χ1v) is 6.70. The van der Waals surface area contributed by atoms with Gasteiger partial charge in [-0.3, -0.25) is 0 Å². The Hall–Kier alpha value is -1.34. The predicted octanol–water partition coefficient (Wildman–Crippen LogP) is -0.799. The quantitative estimate of drug-likeness (QED) is 0.508. The second-order valence-electron chi connectivity index (χ2n) is 3.84. The molecule has 1 aromatic rings. The number of carboxylic acids is 1. The first-order valence-electron chi connectivity index (χ1n) is 5.23. The number of rotatable bonds is 5. The number of methoxy groups -OCH3 is 1. The molecular weight excluding hydrogens is 472 g/mol. The summed E-state index contributed by atoms with van der Waals surface area (Å²) < 4.78 is 32.5. The van der Waals surface area contributed by atoms with Crippen molar-refractivity contribution in [3.63, 3.8) is 0 Å². The molecule has 1 rings (SSSR count). The number of nitrogens with two attached hydrogens (primary N) is 2. The van der Waals surface area contributed by atoms with Gasteiger partial charge in [0.1, 0.15) is 0 Å². The van der Waals surface area contributed by atoms with Gasteiger partial charge in [0.2, 0.25) is 0 Å². The van der Waals surface area contributed by atoms with Gasteiger partial charge in [-0.15, -0.1) is 0 Å². The van der Waals surface area contributed by atoms with Crippen LogP contribution in [0.15, 0.2) is 0 Å². The predicted molar refractivity (Wildman–Crippen MR) is 60.4 cm³/mol. The van der Waals surface area contributed by atoms with E-state index in [-0.39, 0.29) is 8.83 Å². The van der Waals surface area contributed by atoms with Crippen LogP contribution in [0.3, 0.4) is 0 Å². The van der Waals surface area contributed by atoms with Gasteiger partial charge in [0.15, 0.2) is 0 Å². The van der Waals surface area contributed by atoms with E-state index in [1.165, 1.54) is 0 Å². The molecule has 20 heavy (non-hydrogen) atoms. The van der Waals surface area contributed by atoms with E-state index in [9.17, 15) is 18.4 Å². The number of hydrogen-bond acceptors (Lipinski definition) is 4. The summed E-state index contributed by atoms with van der Waals surface area (Å²) in [5, 5.41) is 8.72. The summed E-state index contributed by atoms with van der Waals surface area (Å²) in [5.74, 6) is -5.53. The molecule has 0 fully saturated rings. The van der Waals surface area contributed by atoms with Crippen molar-refractivity contribution in [2.45, 2.75) is 12.5 Å². The number of carbonyl (C=O) groups excluding carboxylic acids is 1. The third kappa shape index (κ3) is 3.04. The van der Waals surface area contributed by atoms with Gasteiger partial charge in [-0.05, 0) is 0 Å². The molecule has 0 aromatic heterocycles. The van der Waals surface area contributed by atoms with Gasteiger partial charge in [0.25, 0.3) is 0 Å². The summed E-state index contributed by atoms with van der Waals surface area (Å²) >= 11 is 0.852. The molecule has 1 aromatic carbocycles. The Morgan fingerprint density at radius 3 is 2.35 bits per heavy atom. The van der Waals surface area contributed by atoms with Crippen molar-refractivity contribution < 1.29 is 52.9 Å². The van der Waals surface area contributed by atoms with E-state index in [4.69, 9.17) is 21.3 Å². The Kier molecular flexibility index (Phi) is 5.36. The Labute approximate surface area is 127 Å². The van der Waals surface area contributed by atoms with Crippen LogP contribution >= 0.6 is 0 Å². The molecule has 6 nitrogen and oxygen atoms in total. The molecule has 0 saturated heterocycles. The van der Waals surface area contributed by atoms with Crippen molar-refractivity contribution in [3.05, 3.63) is 22.8 Å². The first kappa shape index (κ1) is 16.7. The van der Waals surface area contributed by atoms with Crippen LogP contribution < -0.4 is 19.5 Å². The van der Waals surface area contributed by atoms with Crippen molar-refractivity contribution in [1.82, 2.24) is 0 Å². The number of aliphatic carboxylic acids is 1. The fourth-order valence-electron chi connectivity index (χ4n) is 1.62. The number of primary amides is 1. The van der Waals surface area contributed by atoms with Gasteiger partial charge in [0, 0.05) is 0 Å². The molecule has 0 saturated carbocycles. The molecule has 0 aliphatic carbocycles. The minimum atomic E-state index is -1.48. The molecular formula is C11H11AtF2N2O4. The van der Waals surface area contributed by atoms with E-state index in [2.05, 4.69) is 0 Å². The van der Waals surface area contributed by atoms with Crippen LogP contribution in [0.4, 0.5) is 8.78 Å². The Morgan fingerprint density at radius 2 is 1.95 bits per heavy atom. The fraction of sp³-hybridized carbons (Fsp3) is 0.273. The number of carboxylic acid groups (broad SMARTS) is 1. The monoisotopic (exact) mass is 483 g/mol. The normalized spacial score (nSPS) is 12.1. The van der Waals surface area contributed by atoms with Crippen LogP contribution in [0.5, 0.6) is 5.75 Å². The van der Waals surface area contributed by atoms with Crippen molar-refractivity contribution in [2.75, 3.05) is 7.11 Å². The van der Waals surface area contributed by atoms with E-state index < -0.39 is 47.3 Å². The molecule has 0 spiro atoms. The summed E-state index contributed by atoms with van der Waals surface area (Å²) in [5.41, 5.74) is 9.68. The zero-order chi connectivity index (χ0) is 15.6.